The Labute approximate surface area is 176 Å². The number of hydroxylamine groups is 1. The Morgan fingerprint density at radius 1 is 1.07 bits per heavy atom. The highest BCUT2D eigenvalue weighted by molar-refractivity contribution is 5.62. The Hall–Kier alpha value is -2.21. The van der Waals surface area contributed by atoms with E-state index in [1.165, 1.54) is 11.1 Å². The molecule has 1 aliphatic heterocycles. The largest absolute Gasteiger partial charge is 0.324 e. The van der Waals surface area contributed by atoms with Crippen molar-refractivity contribution in [1.82, 2.24) is 15.8 Å². The second-order valence-electron chi connectivity index (χ2n) is 6.54. The van der Waals surface area contributed by atoms with Crippen molar-refractivity contribution in [3.05, 3.63) is 66.1 Å². The fourth-order valence-electron chi connectivity index (χ4n) is 3.51. The average Bonchev–Trinajstić information content (AvgIpc) is 2.81. The zero-order chi connectivity index (χ0) is 21.5. The number of aromatic nitrogens is 1. The second kappa shape index (κ2) is 14.7. The molecule has 2 heterocycles. The molecule has 1 unspecified atom stereocenters. The topological polar surface area (TPSA) is 83.2 Å². The molecule has 1 saturated heterocycles. The minimum absolute atomic E-state index is 0.102. The van der Waals surface area contributed by atoms with E-state index in [0.717, 1.165) is 43.5 Å². The molecule has 29 heavy (non-hydrogen) atoms. The van der Waals surface area contributed by atoms with Gasteiger partial charge in [-0.05, 0) is 72.7 Å². The van der Waals surface area contributed by atoms with Gasteiger partial charge in [0.05, 0.1) is 0 Å². The molecule has 0 saturated carbocycles. The van der Waals surface area contributed by atoms with Crippen molar-refractivity contribution >= 4 is 0 Å². The van der Waals surface area contributed by atoms with E-state index in [1.807, 2.05) is 39.8 Å². The first-order valence-corrected chi connectivity index (χ1v) is 10.8. The molecule has 0 aliphatic carbocycles. The number of pyridine rings is 1. The molecule has 5 nitrogen and oxygen atoms in total. The van der Waals surface area contributed by atoms with Gasteiger partial charge in [-0.2, -0.15) is 0 Å². The van der Waals surface area contributed by atoms with Gasteiger partial charge in [0, 0.05) is 24.6 Å². The number of nitrogens with zero attached hydrogens (tertiary/aromatic N) is 1. The zero-order valence-corrected chi connectivity index (χ0v) is 18.4. The van der Waals surface area contributed by atoms with E-state index in [0.29, 0.717) is 5.92 Å². The van der Waals surface area contributed by atoms with Crippen LogP contribution in [-0.4, -0.2) is 29.3 Å². The van der Waals surface area contributed by atoms with Crippen molar-refractivity contribution in [1.29, 1.82) is 0 Å². The monoisotopic (exact) mass is 398 g/mol. The van der Waals surface area contributed by atoms with Crippen molar-refractivity contribution in [2.75, 3.05) is 13.1 Å². The Morgan fingerprint density at radius 2 is 1.62 bits per heavy atom. The van der Waals surface area contributed by atoms with Crippen molar-refractivity contribution in [3.63, 3.8) is 0 Å². The molecule has 3 rings (SSSR count). The third kappa shape index (κ3) is 7.97. The SMILES string of the molecule is CC.CC.NC(Cc1ccc(-c2ccncc2)cc1)/C(=C\NO)C1CCNCC1. The van der Waals surface area contributed by atoms with E-state index < -0.39 is 0 Å². The number of hydrogen-bond donors (Lipinski definition) is 4. The van der Waals surface area contributed by atoms with Crippen molar-refractivity contribution in [3.8, 4) is 11.1 Å². The molecule has 1 atom stereocenters. The summed E-state index contributed by atoms with van der Waals surface area (Å²) in [5.41, 5.74) is 13.3. The van der Waals surface area contributed by atoms with Gasteiger partial charge >= 0.3 is 0 Å². The summed E-state index contributed by atoms with van der Waals surface area (Å²) in [6, 6.07) is 12.4. The van der Waals surface area contributed by atoms with Crippen LogP contribution in [0.4, 0.5) is 0 Å². The van der Waals surface area contributed by atoms with Crippen LogP contribution >= 0.6 is 0 Å². The van der Waals surface area contributed by atoms with E-state index in [1.54, 1.807) is 18.6 Å². The van der Waals surface area contributed by atoms with Crippen LogP contribution in [0.2, 0.25) is 0 Å². The number of benzene rings is 1. The molecule has 0 radical (unpaired) electrons. The molecular weight excluding hydrogens is 360 g/mol. The van der Waals surface area contributed by atoms with Gasteiger partial charge in [-0.25, -0.2) is 0 Å². The predicted octanol–water partition coefficient (Wildman–Crippen LogP) is 4.53. The van der Waals surface area contributed by atoms with E-state index in [9.17, 15) is 0 Å². The predicted molar refractivity (Wildman–Crippen MR) is 123 cm³/mol. The molecule has 0 bridgehead atoms. The smallest absolute Gasteiger partial charge is 0.0315 e. The molecule has 0 amide bonds. The quantitative estimate of drug-likeness (QED) is 0.537. The van der Waals surface area contributed by atoms with E-state index in [2.05, 4.69) is 40.0 Å². The van der Waals surface area contributed by atoms with E-state index >= 15 is 0 Å². The van der Waals surface area contributed by atoms with Crippen LogP contribution in [0.15, 0.2) is 60.6 Å². The molecule has 1 fully saturated rings. The summed E-state index contributed by atoms with van der Waals surface area (Å²) in [5.74, 6) is 0.423. The molecule has 2 aromatic rings. The molecule has 160 valence electrons. The molecule has 0 spiro atoms. The van der Waals surface area contributed by atoms with E-state index in [4.69, 9.17) is 10.9 Å². The van der Waals surface area contributed by atoms with Gasteiger partial charge in [-0.15, -0.1) is 0 Å². The minimum Gasteiger partial charge on any atom is -0.324 e. The van der Waals surface area contributed by atoms with Gasteiger partial charge in [0.2, 0.25) is 0 Å². The maximum atomic E-state index is 9.14. The van der Waals surface area contributed by atoms with Gasteiger partial charge < -0.3 is 11.1 Å². The van der Waals surface area contributed by atoms with Crippen molar-refractivity contribution in [2.45, 2.75) is 53.0 Å². The molecule has 5 heteroatoms. The van der Waals surface area contributed by atoms with E-state index in [-0.39, 0.29) is 6.04 Å². The Kier molecular flexibility index (Phi) is 12.6. The average molecular weight is 399 g/mol. The lowest BCUT2D eigenvalue weighted by Crippen LogP contribution is -2.36. The Morgan fingerprint density at radius 3 is 2.17 bits per heavy atom. The summed E-state index contributed by atoms with van der Waals surface area (Å²) < 4.78 is 0. The zero-order valence-electron chi connectivity index (χ0n) is 18.4. The lowest BCUT2D eigenvalue weighted by Gasteiger charge is -2.28. The molecule has 1 aromatic carbocycles. The summed E-state index contributed by atoms with van der Waals surface area (Å²) in [5, 5.41) is 12.5. The van der Waals surface area contributed by atoms with Crippen LogP contribution in [0.3, 0.4) is 0 Å². The molecular formula is C24H38N4O. The maximum absolute atomic E-state index is 9.14. The first-order chi connectivity index (χ1) is 14.3. The van der Waals surface area contributed by atoms with Gasteiger partial charge in [0.1, 0.15) is 0 Å². The number of nitrogens with two attached hydrogens (primary N) is 1. The lowest BCUT2D eigenvalue weighted by molar-refractivity contribution is 0.210. The standard InChI is InChI=1S/C20H26N4O.2C2H6/c21-20(19(14-24-25)18-7-11-23-12-8-18)13-15-1-3-16(4-2-15)17-5-9-22-10-6-17;2*1-2/h1-6,9-10,14,18,20,23-25H,7-8,11-13,21H2;2*1-2H3/b19-14-;;. The fourth-order valence-corrected chi connectivity index (χ4v) is 3.51. The Bertz CT molecular complexity index is 680. The maximum Gasteiger partial charge on any atom is 0.0315 e. The van der Waals surface area contributed by atoms with Crippen LogP contribution in [0, 0.1) is 5.92 Å². The van der Waals surface area contributed by atoms with Crippen molar-refractivity contribution < 1.29 is 5.21 Å². The summed E-state index contributed by atoms with van der Waals surface area (Å²) in [4.78, 5) is 4.06. The van der Waals surface area contributed by atoms with Crippen LogP contribution in [0.1, 0.15) is 46.1 Å². The van der Waals surface area contributed by atoms with Gasteiger partial charge in [-0.1, -0.05) is 52.0 Å². The van der Waals surface area contributed by atoms with Gasteiger partial charge in [0.15, 0.2) is 0 Å². The lowest BCUT2D eigenvalue weighted by atomic mass is 9.84. The van der Waals surface area contributed by atoms with Crippen LogP contribution < -0.4 is 16.5 Å². The van der Waals surface area contributed by atoms with Gasteiger partial charge in [-0.3, -0.25) is 15.7 Å². The first-order valence-electron chi connectivity index (χ1n) is 10.8. The highest BCUT2D eigenvalue weighted by Gasteiger charge is 2.22. The molecule has 1 aromatic heterocycles. The molecule has 5 N–H and O–H groups in total. The third-order valence-corrected chi connectivity index (χ3v) is 4.89. The summed E-state index contributed by atoms with van der Waals surface area (Å²) in [6.45, 7) is 10.0. The van der Waals surface area contributed by atoms with Crippen molar-refractivity contribution in [2.24, 2.45) is 11.7 Å². The number of nitrogens with one attached hydrogen (secondary N) is 2. The number of hydrogen-bond acceptors (Lipinski definition) is 5. The minimum atomic E-state index is -0.102. The summed E-state index contributed by atoms with van der Waals surface area (Å²) in [7, 11) is 0. The molecule has 1 aliphatic rings. The number of rotatable bonds is 6. The van der Waals surface area contributed by atoms with Gasteiger partial charge in [0.25, 0.3) is 0 Å². The van der Waals surface area contributed by atoms with Crippen LogP contribution in [-0.2, 0) is 6.42 Å². The highest BCUT2D eigenvalue weighted by Crippen LogP contribution is 2.25. The second-order valence-corrected chi connectivity index (χ2v) is 6.54. The first kappa shape index (κ1) is 24.8. The normalized spacial score (nSPS) is 15.3. The fraction of sp³-hybridized carbons (Fsp3) is 0.458. The van der Waals surface area contributed by atoms with Crippen LogP contribution in [0.25, 0.3) is 11.1 Å². The Balaban J connectivity index is 0.000000989. The van der Waals surface area contributed by atoms with Crippen LogP contribution in [0.5, 0.6) is 0 Å². The number of piperidine rings is 1. The third-order valence-electron chi connectivity index (χ3n) is 4.89. The highest BCUT2D eigenvalue weighted by atomic mass is 16.5. The summed E-state index contributed by atoms with van der Waals surface area (Å²) in [6.07, 6.45) is 8.15. The summed E-state index contributed by atoms with van der Waals surface area (Å²) >= 11 is 0.